The summed E-state index contributed by atoms with van der Waals surface area (Å²) in [7, 11) is 0. The molecule has 0 aliphatic carbocycles. The number of ether oxygens (including phenoxy) is 2. The van der Waals surface area contributed by atoms with Crippen LogP contribution < -0.4 is 9.47 Å². The molecule has 82 valence electrons. The number of hydrogen-bond donors (Lipinski definition) is 0. The lowest BCUT2D eigenvalue weighted by Gasteiger charge is -2.13. The van der Waals surface area contributed by atoms with Crippen molar-refractivity contribution in [3.8, 4) is 11.5 Å². The van der Waals surface area contributed by atoms with E-state index in [1.165, 1.54) is 0 Å². The van der Waals surface area contributed by atoms with Crippen LogP contribution in [0.3, 0.4) is 0 Å². The second-order valence-electron chi connectivity index (χ2n) is 2.81. The molecule has 0 radical (unpaired) electrons. The number of hydrogen-bond acceptors (Lipinski definition) is 3. The highest BCUT2D eigenvalue weighted by molar-refractivity contribution is 9.10. The van der Waals surface area contributed by atoms with E-state index in [1.54, 1.807) is 12.1 Å². The van der Waals surface area contributed by atoms with Gasteiger partial charge >= 0.3 is 0 Å². The minimum atomic E-state index is 0.495. The second kappa shape index (κ2) is 5.75. The first-order valence-corrected chi connectivity index (χ1v) is 5.56. The first-order chi connectivity index (χ1) is 7.22. The van der Waals surface area contributed by atoms with Gasteiger partial charge in [0.05, 0.1) is 18.8 Å². The summed E-state index contributed by atoms with van der Waals surface area (Å²) >= 11 is 3.31. The van der Waals surface area contributed by atoms with E-state index in [0.717, 1.165) is 10.8 Å². The zero-order valence-electron chi connectivity index (χ0n) is 8.75. The van der Waals surface area contributed by atoms with Crippen molar-refractivity contribution in [3.05, 3.63) is 22.2 Å². The molecule has 3 nitrogen and oxygen atoms in total. The van der Waals surface area contributed by atoms with Gasteiger partial charge in [0.1, 0.15) is 0 Å². The van der Waals surface area contributed by atoms with Gasteiger partial charge in [-0.1, -0.05) is 15.9 Å². The summed E-state index contributed by atoms with van der Waals surface area (Å²) in [5.41, 5.74) is 0.495. The van der Waals surface area contributed by atoms with Gasteiger partial charge in [0, 0.05) is 4.47 Å². The van der Waals surface area contributed by atoms with Gasteiger partial charge in [-0.3, -0.25) is 4.79 Å². The summed E-state index contributed by atoms with van der Waals surface area (Å²) in [6.45, 7) is 4.79. The fourth-order valence-electron chi connectivity index (χ4n) is 1.24. The average Bonchev–Trinajstić information content (AvgIpc) is 2.22. The molecule has 0 saturated carbocycles. The van der Waals surface area contributed by atoms with Crippen LogP contribution in [-0.2, 0) is 0 Å². The Hall–Kier alpha value is -1.03. The minimum Gasteiger partial charge on any atom is -0.490 e. The van der Waals surface area contributed by atoms with Gasteiger partial charge in [-0.25, -0.2) is 0 Å². The van der Waals surface area contributed by atoms with E-state index in [-0.39, 0.29) is 0 Å². The number of benzene rings is 1. The Morgan fingerprint density at radius 2 is 1.93 bits per heavy atom. The molecule has 0 heterocycles. The van der Waals surface area contributed by atoms with Crippen molar-refractivity contribution in [1.82, 2.24) is 0 Å². The van der Waals surface area contributed by atoms with Crippen LogP contribution in [0.5, 0.6) is 11.5 Å². The topological polar surface area (TPSA) is 35.5 Å². The Morgan fingerprint density at radius 1 is 1.27 bits per heavy atom. The van der Waals surface area contributed by atoms with E-state index in [0.29, 0.717) is 30.3 Å². The van der Waals surface area contributed by atoms with Crippen LogP contribution in [0.1, 0.15) is 24.2 Å². The van der Waals surface area contributed by atoms with Crippen molar-refractivity contribution in [2.24, 2.45) is 0 Å². The molecule has 0 saturated heterocycles. The highest BCUT2D eigenvalue weighted by Crippen LogP contribution is 2.34. The number of carbonyl (C=O) groups excluding carboxylic acids is 1. The summed E-state index contributed by atoms with van der Waals surface area (Å²) in [5.74, 6) is 1.10. The summed E-state index contributed by atoms with van der Waals surface area (Å²) in [4.78, 5) is 10.9. The quantitative estimate of drug-likeness (QED) is 0.773. The van der Waals surface area contributed by atoms with Crippen LogP contribution in [0.4, 0.5) is 0 Å². The first-order valence-electron chi connectivity index (χ1n) is 4.77. The number of carbonyl (C=O) groups is 1. The second-order valence-corrected chi connectivity index (χ2v) is 3.72. The Bertz CT molecular complexity index is 350. The van der Waals surface area contributed by atoms with Crippen molar-refractivity contribution in [2.45, 2.75) is 13.8 Å². The summed E-state index contributed by atoms with van der Waals surface area (Å²) in [6.07, 6.45) is 0.762. The van der Waals surface area contributed by atoms with Gasteiger partial charge in [0.2, 0.25) is 0 Å². The lowest BCUT2D eigenvalue weighted by atomic mass is 10.2. The van der Waals surface area contributed by atoms with Gasteiger partial charge in [-0.05, 0) is 26.0 Å². The van der Waals surface area contributed by atoms with Crippen LogP contribution in [-0.4, -0.2) is 19.5 Å². The molecule has 0 aromatic heterocycles. The lowest BCUT2D eigenvalue weighted by molar-refractivity contribution is 0.111. The molecule has 1 aromatic carbocycles. The average molecular weight is 273 g/mol. The van der Waals surface area contributed by atoms with Gasteiger partial charge < -0.3 is 9.47 Å². The number of rotatable bonds is 5. The number of halogens is 1. The maximum absolute atomic E-state index is 10.9. The third-order valence-corrected chi connectivity index (χ3v) is 2.22. The third-order valence-electron chi connectivity index (χ3n) is 1.76. The van der Waals surface area contributed by atoms with Crippen LogP contribution in [0, 0.1) is 0 Å². The van der Waals surface area contributed by atoms with E-state index in [4.69, 9.17) is 9.47 Å². The summed E-state index contributed by atoms with van der Waals surface area (Å²) < 4.78 is 11.6. The third kappa shape index (κ3) is 2.96. The van der Waals surface area contributed by atoms with Crippen LogP contribution in [0.2, 0.25) is 0 Å². The standard InChI is InChI=1S/C11H13BrO3/c1-3-14-10-6-9(12)5-8(7-13)11(10)15-4-2/h5-7H,3-4H2,1-2H3. The zero-order chi connectivity index (χ0) is 11.3. The Balaban J connectivity index is 3.19. The minimum absolute atomic E-state index is 0.495. The summed E-state index contributed by atoms with van der Waals surface area (Å²) in [5, 5.41) is 0. The maximum atomic E-state index is 10.9. The highest BCUT2D eigenvalue weighted by Gasteiger charge is 2.11. The Kier molecular flexibility index (Phi) is 4.62. The van der Waals surface area contributed by atoms with Crippen LogP contribution in [0.15, 0.2) is 16.6 Å². The molecule has 0 amide bonds. The van der Waals surface area contributed by atoms with Crippen LogP contribution in [0.25, 0.3) is 0 Å². The van der Waals surface area contributed by atoms with Crippen molar-refractivity contribution >= 4 is 22.2 Å². The molecule has 0 unspecified atom stereocenters. The first kappa shape index (κ1) is 12.0. The Morgan fingerprint density at radius 3 is 2.47 bits per heavy atom. The molecule has 0 spiro atoms. The van der Waals surface area contributed by atoms with Crippen LogP contribution >= 0.6 is 15.9 Å². The zero-order valence-corrected chi connectivity index (χ0v) is 10.3. The molecular formula is C11H13BrO3. The van der Waals surface area contributed by atoms with Gasteiger partial charge in [0.25, 0.3) is 0 Å². The maximum Gasteiger partial charge on any atom is 0.171 e. The Labute approximate surface area is 97.5 Å². The molecule has 4 heteroatoms. The van der Waals surface area contributed by atoms with E-state index in [9.17, 15) is 4.79 Å². The fraction of sp³-hybridized carbons (Fsp3) is 0.364. The van der Waals surface area contributed by atoms with E-state index < -0.39 is 0 Å². The molecule has 0 aliphatic heterocycles. The van der Waals surface area contributed by atoms with Crippen molar-refractivity contribution < 1.29 is 14.3 Å². The largest absolute Gasteiger partial charge is 0.490 e. The number of aldehydes is 1. The predicted octanol–water partition coefficient (Wildman–Crippen LogP) is 3.06. The van der Waals surface area contributed by atoms with Crippen molar-refractivity contribution in [2.75, 3.05) is 13.2 Å². The van der Waals surface area contributed by atoms with Crippen molar-refractivity contribution in [3.63, 3.8) is 0 Å². The van der Waals surface area contributed by atoms with Gasteiger partial charge in [-0.15, -0.1) is 0 Å². The normalized spacial score (nSPS) is 9.80. The highest BCUT2D eigenvalue weighted by atomic mass is 79.9. The molecule has 1 aromatic rings. The SMILES string of the molecule is CCOc1cc(Br)cc(C=O)c1OCC. The van der Waals surface area contributed by atoms with E-state index >= 15 is 0 Å². The molecule has 15 heavy (non-hydrogen) atoms. The molecule has 0 aliphatic rings. The predicted molar refractivity (Wildman–Crippen MR) is 61.9 cm³/mol. The molecule has 1 rings (SSSR count). The smallest absolute Gasteiger partial charge is 0.171 e. The van der Waals surface area contributed by atoms with Gasteiger partial charge in [-0.2, -0.15) is 0 Å². The van der Waals surface area contributed by atoms with Crippen molar-refractivity contribution in [1.29, 1.82) is 0 Å². The fourth-order valence-corrected chi connectivity index (χ4v) is 1.69. The van der Waals surface area contributed by atoms with E-state index in [1.807, 2.05) is 13.8 Å². The molecule has 0 atom stereocenters. The molecular weight excluding hydrogens is 260 g/mol. The van der Waals surface area contributed by atoms with E-state index in [2.05, 4.69) is 15.9 Å². The summed E-state index contributed by atoms with van der Waals surface area (Å²) in [6, 6.07) is 3.50. The molecule has 0 N–H and O–H groups in total. The monoisotopic (exact) mass is 272 g/mol. The lowest BCUT2D eigenvalue weighted by Crippen LogP contribution is -2.01. The van der Waals surface area contributed by atoms with Gasteiger partial charge in [0.15, 0.2) is 17.8 Å². The molecule has 0 bridgehead atoms. The molecule has 0 fully saturated rings.